The molecule has 0 N–H and O–H groups in total. The van der Waals surface area contributed by atoms with Crippen LogP contribution < -0.4 is 0 Å². The molecule has 0 aliphatic heterocycles. The molecule has 0 aliphatic rings. The lowest BCUT2D eigenvalue weighted by atomic mass is 9.90. The molecular weight excluding hydrogens is 256 g/mol. The minimum atomic E-state index is 0.438. The Bertz CT molecular complexity index is 288. The number of hydrogen-bond acceptors (Lipinski definition) is 1. The predicted octanol–water partition coefficient (Wildman–Crippen LogP) is 7.00. The van der Waals surface area contributed by atoms with Gasteiger partial charge in [-0.25, -0.2) is 0 Å². The van der Waals surface area contributed by atoms with Crippen LogP contribution in [0.3, 0.4) is 0 Å². The van der Waals surface area contributed by atoms with E-state index in [9.17, 15) is 4.79 Å². The van der Waals surface area contributed by atoms with Crippen LogP contribution in [0, 0.1) is 0 Å². The molecule has 0 saturated heterocycles. The molecule has 0 aromatic carbocycles. The van der Waals surface area contributed by atoms with Crippen molar-refractivity contribution >= 4 is 5.78 Å². The lowest BCUT2D eigenvalue weighted by Crippen LogP contribution is -2.07. The fraction of sp³-hybridized carbons (Fsp3) is 0.850. The summed E-state index contributed by atoms with van der Waals surface area (Å²) in [7, 11) is 0. The lowest BCUT2D eigenvalue weighted by Gasteiger charge is -2.15. The number of carbonyl (C=O) groups excluding carboxylic acids is 1. The van der Waals surface area contributed by atoms with E-state index in [1.54, 1.807) is 0 Å². The standard InChI is InChI=1S/C20H38O/c1-5-9-11-13-16-18(14-7-3)19(17-12-10-6-2)20(21)15-8-4/h5-17H2,1-4H3/b19-18+. The van der Waals surface area contributed by atoms with E-state index in [1.807, 2.05) is 0 Å². The first-order chi connectivity index (χ1) is 10.2. The largest absolute Gasteiger partial charge is 0.295 e. The summed E-state index contributed by atoms with van der Waals surface area (Å²) in [5.74, 6) is 0.438. The average Bonchev–Trinajstić information content (AvgIpc) is 2.47. The van der Waals surface area contributed by atoms with E-state index >= 15 is 0 Å². The van der Waals surface area contributed by atoms with Crippen LogP contribution in [0.2, 0.25) is 0 Å². The van der Waals surface area contributed by atoms with Gasteiger partial charge >= 0.3 is 0 Å². The van der Waals surface area contributed by atoms with Crippen molar-refractivity contribution in [1.82, 2.24) is 0 Å². The number of rotatable bonds is 14. The van der Waals surface area contributed by atoms with Crippen LogP contribution in [0.1, 0.15) is 111 Å². The molecule has 21 heavy (non-hydrogen) atoms. The van der Waals surface area contributed by atoms with Gasteiger partial charge in [0.1, 0.15) is 0 Å². The maximum atomic E-state index is 12.5. The van der Waals surface area contributed by atoms with Crippen molar-refractivity contribution in [2.24, 2.45) is 0 Å². The summed E-state index contributed by atoms with van der Waals surface area (Å²) < 4.78 is 0. The molecular formula is C20H38O. The number of unbranched alkanes of at least 4 members (excludes halogenated alkanes) is 5. The number of carbonyl (C=O) groups is 1. The number of ketones is 1. The zero-order chi connectivity index (χ0) is 15.9. The Morgan fingerprint density at radius 1 is 0.571 bits per heavy atom. The maximum Gasteiger partial charge on any atom is 0.158 e. The van der Waals surface area contributed by atoms with Crippen molar-refractivity contribution in [3.63, 3.8) is 0 Å². The number of hydrogen-bond donors (Lipinski definition) is 0. The third-order valence-corrected chi connectivity index (χ3v) is 4.15. The average molecular weight is 295 g/mol. The highest BCUT2D eigenvalue weighted by molar-refractivity contribution is 5.96. The number of Topliss-reactive ketones (excluding diaryl/α,β-unsaturated/α-hetero) is 1. The second-order valence-corrected chi connectivity index (χ2v) is 6.27. The molecule has 0 saturated carbocycles. The van der Waals surface area contributed by atoms with E-state index < -0.39 is 0 Å². The third-order valence-electron chi connectivity index (χ3n) is 4.15. The lowest BCUT2D eigenvalue weighted by molar-refractivity contribution is -0.115. The molecule has 0 fully saturated rings. The van der Waals surface area contributed by atoms with Gasteiger partial charge in [0.05, 0.1) is 0 Å². The van der Waals surface area contributed by atoms with Gasteiger partial charge in [0.2, 0.25) is 0 Å². The topological polar surface area (TPSA) is 17.1 Å². The first kappa shape index (κ1) is 20.4. The van der Waals surface area contributed by atoms with E-state index in [4.69, 9.17) is 0 Å². The quantitative estimate of drug-likeness (QED) is 0.249. The van der Waals surface area contributed by atoms with Crippen LogP contribution in [0.5, 0.6) is 0 Å². The van der Waals surface area contributed by atoms with Crippen molar-refractivity contribution in [1.29, 1.82) is 0 Å². The van der Waals surface area contributed by atoms with Crippen molar-refractivity contribution in [2.45, 2.75) is 111 Å². The van der Waals surface area contributed by atoms with Gasteiger partial charge in [-0.15, -0.1) is 0 Å². The second-order valence-electron chi connectivity index (χ2n) is 6.27. The first-order valence-electron chi connectivity index (χ1n) is 9.45. The third kappa shape index (κ3) is 9.87. The summed E-state index contributed by atoms with van der Waals surface area (Å²) in [6.07, 6.45) is 15.0. The molecule has 0 spiro atoms. The molecule has 0 heterocycles. The number of allylic oxidation sites excluding steroid dienone is 2. The van der Waals surface area contributed by atoms with Crippen LogP contribution in [0.4, 0.5) is 0 Å². The normalized spacial score (nSPS) is 12.4. The van der Waals surface area contributed by atoms with Crippen LogP contribution in [-0.2, 0) is 4.79 Å². The SMILES string of the molecule is CCCCCC/C(CCC)=C(\CCCCC)C(=O)CCC. The maximum absolute atomic E-state index is 12.5. The smallest absolute Gasteiger partial charge is 0.158 e. The molecule has 0 aromatic rings. The van der Waals surface area contributed by atoms with Gasteiger partial charge in [0.25, 0.3) is 0 Å². The molecule has 0 unspecified atom stereocenters. The van der Waals surface area contributed by atoms with Gasteiger partial charge in [-0.2, -0.15) is 0 Å². The van der Waals surface area contributed by atoms with Gasteiger partial charge in [0, 0.05) is 6.42 Å². The highest BCUT2D eigenvalue weighted by atomic mass is 16.1. The highest BCUT2D eigenvalue weighted by Crippen LogP contribution is 2.25. The fourth-order valence-electron chi connectivity index (χ4n) is 2.94. The van der Waals surface area contributed by atoms with Crippen molar-refractivity contribution < 1.29 is 4.79 Å². The Hall–Kier alpha value is -0.590. The Morgan fingerprint density at radius 2 is 1.14 bits per heavy atom. The summed E-state index contributed by atoms with van der Waals surface area (Å²) >= 11 is 0. The van der Waals surface area contributed by atoms with E-state index in [-0.39, 0.29) is 0 Å². The monoisotopic (exact) mass is 294 g/mol. The fourth-order valence-corrected chi connectivity index (χ4v) is 2.94. The highest BCUT2D eigenvalue weighted by Gasteiger charge is 2.14. The van der Waals surface area contributed by atoms with Crippen LogP contribution in [0.15, 0.2) is 11.1 Å². The van der Waals surface area contributed by atoms with Crippen molar-refractivity contribution in [3.05, 3.63) is 11.1 Å². The first-order valence-corrected chi connectivity index (χ1v) is 9.45. The molecule has 0 rings (SSSR count). The van der Waals surface area contributed by atoms with Gasteiger partial charge in [-0.05, 0) is 44.1 Å². The van der Waals surface area contributed by atoms with Crippen molar-refractivity contribution in [2.75, 3.05) is 0 Å². The molecule has 0 aromatic heterocycles. The van der Waals surface area contributed by atoms with Gasteiger partial charge < -0.3 is 0 Å². The Kier molecular flexibility index (Phi) is 13.9. The molecule has 124 valence electrons. The van der Waals surface area contributed by atoms with E-state index in [1.165, 1.54) is 62.5 Å². The van der Waals surface area contributed by atoms with E-state index in [2.05, 4.69) is 27.7 Å². The van der Waals surface area contributed by atoms with Gasteiger partial charge in [-0.1, -0.05) is 71.8 Å². The van der Waals surface area contributed by atoms with Crippen LogP contribution >= 0.6 is 0 Å². The summed E-state index contributed by atoms with van der Waals surface area (Å²) in [6.45, 7) is 8.83. The predicted molar refractivity (Wildman–Crippen MR) is 94.8 cm³/mol. The molecule has 0 amide bonds. The van der Waals surface area contributed by atoms with Crippen LogP contribution in [0.25, 0.3) is 0 Å². The molecule has 0 aliphatic carbocycles. The molecule has 1 nitrogen and oxygen atoms in total. The Labute approximate surface area is 133 Å². The molecule has 1 heteroatoms. The molecule has 0 atom stereocenters. The summed E-state index contributed by atoms with van der Waals surface area (Å²) in [5.41, 5.74) is 2.70. The second kappa shape index (κ2) is 14.4. The Balaban J connectivity index is 4.83. The summed E-state index contributed by atoms with van der Waals surface area (Å²) in [6, 6.07) is 0. The minimum absolute atomic E-state index is 0.438. The van der Waals surface area contributed by atoms with E-state index in [0.717, 1.165) is 32.1 Å². The van der Waals surface area contributed by atoms with Gasteiger partial charge in [-0.3, -0.25) is 4.79 Å². The zero-order valence-electron chi connectivity index (χ0n) is 15.1. The van der Waals surface area contributed by atoms with Crippen molar-refractivity contribution in [3.8, 4) is 0 Å². The summed E-state index contributed by atoms with van der Waals surface area (Å²) in [4.78, 5) is 12.5. The molecule has 0 bridgehead atoms. The van der Waals surface area contributed by atoms with E-state index in [0.29, 0.717) is 5.78 Å². The minimum Gasteiger partial charge on any atom is -0.295 e. The van der Waals surface area contributed by atoms with Crippen LogP contribution in [-0.4, -0.2) is 5.78 Å². The zero-order valence-corrected chi connectivity index (χ0v) is 15.1. The van der Waals surface area contributed by atoms with Gasteiger partial charge in [0.15, 0.2) is 5.78 Å². The Morgan fingerprint density at radius 3 is 1.71 bits per heavy atom. The molecule has 0 radical (unpaired) electrons. The summed E-state index contributed by atoms with van der Waals surface area (Å²) in [5, 5.41) is 0.